The molecular formula is C26H30NO7-. The third-order valence-electron chi connectivity index (χ3n) is 6.40. The minimum absolute atomic E-state index is 0.107. The number of aromatic hydroxyl groups is 3. The third-order valence-corrected chi connectivity index (χ3v) is 6.40. The summed E-state index contributed by atoms with van der Waals surface area (Å²) in [5.74, 6) is -0.582. The summed E-state index contributed by atoms with van der Waals surface area (Å²) < 4.78 is 11.9. The number of aromatic nitrogens is 1. The van der Waals surface area contributed by atoms with E-state index in [0.717, 1.165) is 11.1 Å². The maximum Gasteiger partial charge on any atom is 0.201 e. The van der Waals surface area contributed by atoms with Crippen molar-refractivity contribution in [1.29, 1.82) is 0 Å². The Morgan fingerprint density at radius 1 is 1.00 bits per heavy atom. The molecule has 1 aromatic heterocycles. The summed E-state index contributed by atoms with van der Waals surface area (Å²) in [6, 6.07) is 8.81. The molecule has 3 aromatic rings. The fourth-order valence-electron chi connectivity index (χ4n) is 4.75. The molecule has 34 heavy (non-hydrogen) atoms. The number of benzene rings is 2. The van der Waals surface area contributed by atoms with E-state index in [2.05, 4.69) is 4.98 Å². The number of ether oxygens (including phenoxy) is 2. The normalized spacial score (nSPS) is 20.4. The lowest BCUT2D eigenvalue weighted by atomic mass is 9.86. The van der Waals surface area contributed by atoms with Gasteiger partial charge in [0.15, 0.2) is 11.5 Å². The van der Waals surface area contributed by atoms with Gasteiger partial charge in [0.05, 0.1) is 32.0 Å². The molecule has 2 heterocycles. The van der Waals surface area contributed by atoms with Crippen LogP contribution in [0.1, 0.15) is 53.2 Å². The lowest BCUT2D eigenvalue weighted by molar-refractivity contribution is -0.101. The fourth-order valence-corrected chi connectivity index (χ4v) is 4.75. The SMILES string of the molecule is COc1c(O)c(O)c(CO)c(C2CC(O)CC(CCc3ccc(O)cc3)O2)c1Cc1cc[n-]c1. The Morgan fingerprint density at radius 3 is 2.41 bits per heavy atom. The van der Waals surface area contributed by atoms with E-state index in [9.17, 15) is 25.5 Å². The standard InChI is InChI=1S/C26H30NO7/c1-33-26-20(10-16-8-9-27-13-16)23(21(14-28)24(31)25(26)32)22-12-18(30)11-19(34-22)7-4-15-2-5-17(29)6-3-15/h2-3,5-6,8-9,13,18-19,22,28-32H,4,7,10-12,14H2,1H3/q-1. The summed E-state index contributed by atoms with van der Waals surface area (Å²) in [5, 5.41) is 51.5. The molecule has 0 radical (unpaired) electrons. The van der Waals surface area contributed by atoms with Crippen molar-refractivity contribution >= 4 is 0 Å². The molecule has 1 fully saturated rings. The van der Waals surface area contributed by atoms with E-state index in [1.165, 1.54) is 7.11 Å². The van der Waals surface area contributed by atoms with Crippen LogP contribution < -0.4 is 9.72 Å². The van der Waals surface area contributed by atoms with Gasteiger partial charge in [0, 0.05) is 17.5 Å². The summed E-state index contributed by atoms with van der Waals surface area (Å²) in [5.41, 5.74) is 3.16. The summed E-state index contributed by atoms with van der Waals surface area (Å²) in [4.78, 5) is 4.09. The van der Waals surface area contributed by atoms with Crippen molar-refractivity contribution < 1.29 is 35.0 Å². The molecule has 0 saturated carbocycles. The number of phenols is 3. The first-order valence-corrected chi connectivity index (χ1v) is 11.3. The maximum absolute atomic E-state index is 10.7. The molecule has 0 spiro atoms. The quantitative estimate of drug-likeness (QED) is 0.319. The first-order chi connectivity index (χ1) is 16.4. The van der Waals surface area contributed by atoms with Crippen LogP contribution in [0.15, 0.2) is 42.7 Å². The van der Waals surface area contributed by atoms with Crippen LogP contribution in [0.3, 0.4) is 0 Å². The number of nitrogens with zero attached hydrogens (tertiary/aromatic N) is 1. The number of aliphatic hydroxyl groups excluding tert-OH is 2. The van der Waals surface area contributed by atoms with Crippen LogP contribution in [-0.2, 0) is 24.2 Å². The van der Waals surface area contributed by atoms with Crippen molar-refractivity contribution in [3.8, 4) is 23.0 Å². The predicted molar refractivity (Wildman–Crippen MR) is 124 cm³/mol. The molecule has 0 aliphatic carbocycles. The van der Waals surface area contributed by atoms with Crippen molar-refractivity contribution in [2.75, 3.05) is 7.11 Å². The Labute approximate surface area is 198 Å². The van der Waals surface area contributed by atoms with Crippen LogP contribution in [0, 0.1) is 0 Å². The molecule has 3 unspecified atom stereocenters. The molecule has 1 saturated heterocycles. The van der Waals surface area contributed by atoms with Gasteiger partial charge in [-0.2, -0.15) is 12.4 Å². The number of hydrogen-bond donors (Lipinski definition) is 5. The molecule has 182 valence electrons. The largest absolute Gasteiger partial charge is 0.670 e. The van der Waals surface area contributed by atoms with E-state index in [0.29, 0.717) is 36.8 Å². The number of aryl methyl sites for hydroxylation is 1. The average molecular weight is 469 g/mol. The second-order valence-corrected chi connectivity index (χ2v) is 8.68. The van der Waals surface area contributed by atoms with Crippen LogP contribution in [0.25, 0.3) is 0 Å². The molecule has 1 aliphatic rings. The zero-order valence-electron chi connectivity index (χ0n) is 19.0. The van der Waals surface area contributed by atoms with Gasteiger partial charge in [-0.15, -0.1) is 0 Å². The third kappa shape index (κ3) is 4.99. The van der Waals surface area contributed by atoms with Crippen molar-refractivity contribution in [2.45, 2.75) is 57.0 Å². The molecule has 8 nitrogen and oxygen atoms in total. The van der Waals surface area contributed by atoms with Gasteiger partial charge in [-0.05, 0) is 48.9 Å². The highest BCUT2D eigenvalue weighted by Crippen LogP contribution is 2.49. The van der Waals surface area contributed by atoms with Gasteiger partial charge in [0.25, 0.3) is 0 Å². The number of hydrogen-bond acceptors (Lipinski definition) is 7. The van der Waals surface area contributed by atoms with Crippen molar-refractivity contribution in [2.24, 2.45) is 0 Å². The summed E-state index contributed by atoms with van der Waals surface area (Å²) >= 11 is 0. The van der Waals surface area contributed by atoms with E-state index in [1.54, 1.807) is 24.5 Å². The second-order valence-electron chi connectivity index (χ2n) is 8.68. The van der Waals surface area contributed by atoms with E-state index < -0.39 is 30.3 Å². The Balaban J connectivity index is 1.67. The smallest absolute Gasteiger partial charge is 0.201 e. The van der Waals surface area contributed by atoms with Crippen molar-refractivity contribution in [1.82, 2.24) is 4.98 Å². The zero-order valence-corrected chi connectivity index (χ0v) is 19.0. The molecule has 0 bridgehead atoms. The van der Waals surface area contributed by atoms with Crippen LogP contribution in [-0.4, -0.2) is 44.9 Å². The monoisotopic (exact) mass is 468 g/mol. The number of phenolic OH excluding ortho intramolecular Hbond substituents is 2. The average Bonchev–Trinajstić information content (AvgIpc) is 3.34. The summed E-state index contributed by atoms with van der Waals surface area (Å²) in [6.45, 7) is -0.515. The maximum atomic E-state index is 10.7. The van der Waals surface area contributed by atoms with E-state index >= 15 is 0 Å². The summed E-state index contributed by atoms with van der Waals surface area (Å²) in [7, 11) is 1.40. The minimum atomic E-state index is -0.634. The van der Waals surface area contributed by atoms with Gasteiger partial charge in [-0.1, -0.05) is 23.8 Å². The van der Waals surface area contributed by atoms with Crippen LogP contribution in [0.2, 0.25) is 0 Å². The molecular weight excluding hydrogens is 438 g/mol. The van der Waals surface area contributed by atoms with Crippen LogP contribution >= 0.6 is 0 Å². The van der Waals surface area contributed by atoms with Crippen molar-refractivity contribution in [3.63, 3.8) is 0 Å². The van der Waals surface area contributed by atoms with Gasteiger partial charge in [0.2, 0.25) is 5.75 Å². The van der Waals surface area contributed by atoms with Gasteiger partial charge in [0.1, 0.15) is 5.75 Å². The van der Waals surface area contributed by atoms with E-state index in [-0.39, 0.29) is 29.6 Å². The number of aliphatic hydroxyl groups is 2. The summed E-state index contributed by atoms with van der Waals surface area (Å²) in [6.07, 6.45) is 4.28. The molecule has 5 N–H and O–H groups in total. The van der Waals surface area contributed by atoms with Crippen LogP contribution in [0.5, 0.6) is 23.0 Å². The first kappa shape index (κ1) is 23.9. The lowest BCUT2D eigenvalue weighted by Crippen LogP contribution is -2.32. The molecule has 4 rings (SSSR count). The fraction of sp³-hybridized carbons (Fsp3) is 0.385. The minimum Gasteiger partial charge on any atom is -0.670 e. The molecule has 0 amide bonds. The molecule has 8 heteroatoms. The number of methoxy groups -OCH3 is 1. The predicted octanol–water partition coefficient (Wildman–Crippen LogP) is 3.07. The van der Waals surface area contributed by atoms with Gasteiger partial charge in [-0.25, -0.2) is 0 Å². The first-order valence-electron chi connectivity index (χ1n) is 11.3. The Bertz CT molecular complexity index is 1100. The zero-order chi connectivity index (χ0) is 24.2. The Morgan fingerprint density at radius 2 is 1.76 bits per heavy atom. The Kier molecular flexibility index (Phi) is 7.31. The van der Waals surface area contributed by atoms with Gasteiger partial charge < -0.3 is 40.0 Å². The Hall–Kier alpha value is -3.20. The molecule has 2 aromatic carbocycles. The van der Waals surface area contributed by atoms with Crippen molar-refractivity contribution in [3.05, 3.63) is 70.5 Å². The highest BCUT2D eigenvalue weighted by atomic mass is 16.5. The highest BCUT2D eigenvalue weighted by molar-refractivity contribution is 5.64. The highest BCUT2D eigenvalue weighted by Gasteiger charge is 2.35. The lowest BCUT2D eigenvalue weighted by Gasteiger charge is -2.36. The molecule has 3 atom stereocenters. The van der Waals surface area contributed by atoms with Gasteiger partial charge in [-0.3, -0.25) is 0 Å². The number of rotatable bonds is 8. The van der Waals surface area contributed by atoms with Gasteiger partial charge >= 0.3 is 0 Å². The van der Waals surface area contributed by atoms with E-state index in [1.807, 2.05) is 18.2 Å². The van der Waals surface area contributed by atoms with E-state index in [4.69, 9.17) is 9.47 Å². The molecule has 1 aliphatic heterocycles. The second kappa shape index (κ2) is 10.4. The van der Waals surface area contributed by atoms with Crippen LogP contribution in [0.4, 0.5) is 0 Å². The topological polar surface area (TPSA) is 134 Å².